The fourth-order valence-electron chi connectivity index (χ4n) is 2.41. The van der Waals surface area contributed by atoms with E-state index in [4.69, 9.17) is 0 Å². The lowest BCUT2D eigenvalue weighted by Gasteiger charge is -2.30. The molecule has 1 rings (SSSR count). The lowest BCUT2D eigenvalue weighted by atomic mass is 10.0. The summed E-state index contributed by atoms with van der Waals surface area (Å²) in [6, 6.07) is 0. The summed E-state index contributed by atoms with van der Waals surface area (Å²) in [5.41, 5.74) is 0. The van der Waals surface area contributed by atoms with Gasteiger partial charge in [0.2, 0.25) is 0 Å². The second kappa shape index (κ2) is 10.4. The van der Waals surface area contributed by atoms with Crippen LogP contribution in [0.5, 0.6) is 0 Å². The molecule has 0 aromatic carbocycles. The van der Waals surface area contributed by atoms with Crippen molar-refractivity contribution >= 4 is 17.7 Å². The number of guanidine groups is 1. The number of aliphatic imine (C=N–C) groups is 1. The number of rotatable bonds is 7. The van der Waals surface area contributed by atoms with Crippen LogP contribution in [-0.4, -0.2) is 62.1 Å². The predicted molar refractivity (Wildman–Crippen MR) is 87.2 cm³/mol. The molecule has 1 saturated heterocycles. The normalized spacial score (nSPS) is 21.4. The van der Waals surface area contributed by atoms with Crippen molar-refractivity contribution in [3.63, 3.8) is 0 Å². The maximum absolute atomic E-state index is 4.65. The van der Waals surface area contributed by atoms with Crippen LogP contribution in [0, 0.1) is 5.92 Å². The first kappa shape index (κ1) is 16.6. The van der Waals surface area contributed by atoms with Crippen molar-refractivity contribution in [2.45, 2.75) is 26.7 Å². The molecule has 1 fully saturated rings. The van der Waals surface area contributed by atoms with Crippen molar-refractivity contribution in [2.24, 2.45) is 10.9 Å². The van der Waals surface area contributed by atoms with Gasteiger partial charge in [-0.25, -0.2) is 0 Å². The van der Waals surface area contributed by atoms with Gasteiger partial charge in [0.05, 0.1) is 6.54 Å². The Bertz CT molecular complexity index is 258. The number of nitrogens with zero attached hydrogens (tertiary/aromatic N) is 2. The number of thioether (sulfide) groups is 1. The van der Waals surface area contributed by atoms with Crippen molar-refractivity contribution in [2.75, 3.05) is 51.3 Å². The van der Waals surface area contributed by atoms with Crippen LogP contribution >= 0.6 is 11.8 Å². The lowest BCUT2D eigenvalue weighted by molar-refractivity contribution is 0.189. The molecule has 0 aromatic heterocycles. The molecule has 1 atom stereocenters. The molecule has 5 heteroatoms. The average Bonchev–Trinajstić information content (AvgIpc) is 2.39. The van der Waals surface area contributed by atoms with Crippen LogP contribution < -0.4 is 10.6 Å². The molecule has 19 heavy (non-hydrogen) atoms. The molecule has 4 nitrogen and oxygen atoms in total. The molecule has 0 aromatic rings. The minimum absolute atomic E-state index is 0.852. The van der Waals surface area contributed by atoms with Gasteiger partial charge >= 0.3 is 0 Å². The molecule has 112 valence electrons. The quantitative estimate of drug-likeness (QED) is 0.424. The van der Waals surface area contributed by atoms with Gasteiger partial charge in [0.15, 0.2) is 5.96 Å². The van der Waals surface area contributed by atoms with Gasteiger partial charge in [0, 0.05) is 31.9 Å². The fraction of sp³-hybridized carbons (Fsp3) is 0.929. The molecular weight excluding hydrogens is 256 g/mol. The van der Waals surface area contributed by atoms with Gasteiger partial charge < -0.3 is 15.5 Å². The zero-order valence-corrected chi connectivity index (χ0v) is 13.6. The summed E-state index contributed by atoms with van der Waals surface area (Å²) < 4.78 is 0. The average molecular weight is 286 g/mol. The molecule has 1 aliphatic heterocycles. The van der Waals surface area contributed by atoms with Gasteiger partial charge in [-0.15, -0.1) is 0 Å². The summed E-state index contributed by atoms with van der Waals surface area (Å²) in [7, 11) is 0. The summed E-state index contributed by atoms with van der Waals surface area (Å²) in [5, 5.41) is 6.67. The van der Waals surface area contributed by atoms with Crippen LogP contribution in [0.25, 0.3) is 0 Å². The molecule has 0 spiro atoms. The van der Waals surface area contributed by atoms with Gasteiger partial charge in [0.25, 0.3) is 0 Å². The second-order valence-corrected chi connectivity index (χ2v) is 6.21. The molecule has 2 N–H and O–H groups in total. The van der Waals surface area contributed by atoms with Crippen molar-refractivity contribution in [3.8, 4) is 0 Å². The summed E-state index contributed by atoms with van der Waals surface area (Å²) in [6.45, 7) is 10.8. The largest absolute Gasteiger partial charge is 0.357 e. The van der Waals surface area contributed by atoms with E-state index in [2.05, 4.69) is 40.6 Å². The topological polar surface area (TPSA) is 39.7 Å². The zero-order valence-electron chi connectivity index (χ0n) is 12.7. The highest BCUT2D eigenvalue weighted by molar-refractivity contribution is 7.98. The Morgan fingerprint density at radius 2 is 2.26 bits per heavy atom. The first-order valence-corrected chi connectivity index (χ1v) is 8.89. The summed E-state index contributed by atoms with van der Waals surface area (Å²) in [5.74, 6) is 2.93. The molecule has 0 radical (unpaired) electrons. The third-order valence-corrected chi connectivity index (χ3v) is 3.98. The Balaban J connectivity index is 2.25. The Hall–Kier alpha value is -0.420. The van der Waals surface area contributed by atoms with Gasteiger partial charge in [-0.2, -0.15) is 11.8 Å². The first-order valence-electron chi connectivity index (χ1n) is 7.49. The van der Waals surface area contributed by atoms with E-state index in [1.54, 1.807) is 0 Å². The van der Waals surface area contributed by atoms with E-state index in [0.29, 0.717) is 0 Å². The Morgan fingerprint density at radius 1 is 1.42 bits per heavy atom. The Morgan fingerprint density at radius 3 is 2.95 bits per heavy atom. The Labute approximate surface area is 122 Å². The smallest absolute Gasteiger partial charge is 0.191 e. The van der Waals surface area contributed by atoms with Crippen LogP contribution in [0.15, 0.2) is 4.99 Å². The van der Waals surface area contributed by atoms with Crippen LogP contribution in [0.3, 0.4) is 0 Å². The van der Waals surface area contributed by atoms with Crippen molar-refractivity contribution < 1.29 is 0 Å². The number of hydrogen-bond donors (Lipinski definition) is 2. The van der Waals surface area contributed by atoms with E-state index >= 15 is 0 Å². The molecule has 1 heterocycles. The van der Waals surface area contributed by atoms with Gasteiger partial charge in [0.1, 0.15) is 0 Å². The van der Waals surface area contributed by atoms with E-state index in [-0.39, 0.29) is 0 Å². The fourth-order valence-corrected chi connectivity index (χ4v) is 2.71. The number of hydrogen-bond acceptors (Lipinski definition) is 3. The van der Waals surface area contributed by atoms with Crippen molar-refractivity contribution in [1.82, 2.24) is 15.5 Å². The third kappa shape index (κ3) is 7.67. The summed E-state index contributed by atoms with van der Waals surface area (Å²) in [6.07, 6.45) is 4.86. The molecule has 1 aliphatic rings. The SMILES string of the molecule is CCNC(=NCCN1CCCC(C)C1)NCCSC. The van der Waals surface area contributed by atoms with E-state index in [0.717, 1.165) is 43.8 Å². The molecule has 0 amide bonds. The zero-order chi connectivity index (χ0) is 13.9. The highest BCUT2D eigenvalue weighted by Gasteiger charge is 2.15. The highest BCUT2D eigenvalue weighted by Crippen LogP contribution is 2.14. The number of nitrogens with one attached hydrogen (secondary N) is 2. The van der Waals surface area contributed by atoms with Crippen LogP contribution in [0.4, 0.5) is 0 Å². The van der Waals surface area contributed by atoms with Crippen LogP contribution in [0.1, 0.15) is 26.7 Å². The van der Waals surface area contributed by atoms with Crippen LogP contribution in [0.2, 0.25) is 0 Å². The minimum atomic E-state index is 0.852. The van der Waals surface area contributed by atoms with Gasteiger partial charge in [-0.05, 0) is 38.5 Å². The van der Waals surface area contributed by atoms with Gasteiger partial charge in [-0.3, -0.25) is 4.99 Å². The second-order valence-electron chi connectivity index (χ2n) is 5.23. The van der Waals surface area contributed by atoms with E-state index in [1.165, 1.54) is 25.9 Å². The number of likely N-dealkylation sites (tertiary alicyclic amines) is 1. The third-order valence-electron chi connectivity index (χ3n) is 3.37. The molecule has 0 bridgehead atoms. The summed E-state index contributed by atoms with van der Waals surface area (Å²) >= 11 is 1.85. The van der Waals surface area contributed by atoms with E-state index in [1.807, 2.05) is 11.8 Å². The predicted octanol–water partition coefficient (Wildman–Crippen LogP) is 1.64. The van der Waals surface area contributed by atoms with E-state index in [9.17, 15) is 0 Å². The number of piperidine rings is 1. The maximum Gasteiger partial charge on any atom is 0.191 e. The molecule has 1 unspecified atom stereocenters. The van der Waals surface area contributed by atoms with Crippen LogP contribution in [-0.2, 0) is 0 Å². The monoisotopic (exact) mass is 286 g/mol. The van der Waals surface area contributed by atoms with Crippen molar-refractivity contribution in [1.29, 1.82) is 0 Å². The maximum atomic E-state index is 4.65. The molecular formula is C14H30N4S. The van der Waals surface area contributed by atoms with E-state index < -0.39 is 0 Å². The minimum Gasteiger partial charge on any atom is -0.357 e. The Kier molecular flexibility index (Phi) is 9.08. The highest BCUT2D eigenvalue weighted by atomic mass is 32.2. The van der Waals surface area contributed by atoms with Crippen molar-refractivity contribution in [3.05, 3.63) is 0 Å². The molecule has 0 saturated carbocycles. The standard InChI is InChI=1S/C14H30N4S/c1-4-15-14(17-8-11-19-3)16-7-10-18-9-5-6-13(2)12-18/h13H,4-12H2,1-3H3,(H2,15,16,17). The lowest BCUT2D eigenvalue weighted by Crippen LogP contribution is -2.40. The van der Waals surface area contributed by atoms with Gasteiger partial charge in [-0.1, -0.05) is 6.92 Å². The first-order chi connectivity index (χ1) is 9.26. The molecule has 0 aliphatic carbocycles. The summed E-state index contributed by atoms with van der Waals surface area (Å²) in [4.78, 5) is 7.19.